The van der Waals surface area contributed by atoms with Gasteiger partial charge in [0.2, 0.25) is 0 Å². The van der Waals surface area contributed by atoms with Crippen molar-refractivity contribution in [3.8, 4) is 11.1 Å². The lowest BCUT2D eigenvalue weighted by Crippen LogP contribution is -2.38. The van der Waals surface area contributed by atoms with Crippen LogP contribution in [0.5, 0.6) is 0 Å². The van der Waals surface area contributed by atoms with E-state index in [1.165, 1.54) is 39.0 Å². The molecule has 0 N–H and O–H groups in total. The second-order valence-corrected chi connectivity index (χ2v) is 10.6. The Labute approximate surface area is 217 Å². The Morgan fingerprint density at radius 2 is 1.42 bits per heavy atom. The summed E-state index contributed by atoms with van der Waals surface area (Å²) in [5, 5.41) is 0. The van der Waals surface area contributed by atoms with Crippen LogP contribution >= 0.6 is 0 Å². The maximum atomic E-state index is 2.50. The Balaban J connectivity index is 1.68. The molecule has 0 aromatic heterocycles. The molecule has 5 rings (SSSR count). The van der Waals surface area contributed by atoms with Crippen LogP contribution in [0.4, 0.5) is 0 Å². The van der Waals surface area contributed by atoms with Crippen LogP contribution in [0.15, 0.2) is 133 Å². The van der Waals surface area contributed by atoms with Gasteiger partial charge >= 0.3 is 0 Å². The van der Waals surface area contributed by atoms with Gasteiger partial charge in [-0.1, -0.05) is 141 Å². The SMILES string of the molecule is C\C=C/C=C\C(=C\C1(C)C2=C(CCC=C2)C(C)(C)c2ccccc21)c1ccc(-c2ccccc2)cc1. The molecule has 3 aromatic rings. The molecule has 0 aliphatic heterocycles. The smallest absolute Gasteiger partial charge is 0.0365 e. The zero-order valence-corrected chi connectivity index (χ0v) is 22.0. The first-order valence-electron chi connectivity index (χ1n) is 13.1. The van der Waals surface area contributed by atoms with Crippen molar-refractivity contribution in [3.63, 3.8) is 0 Å². The molecule has 0 saturated carbocycles. The number of allylic oxidation sites excluding steroid dienone is 10. The van der Waals surface area contributed by atoms with Crippen molar-refractivity contribution in [1.82, 2.24) is 0 Å². The van der Waals surface area contributed by atoms with Crippen LogP contribution in [0.2, 0.25) is 0 Å². The summed E-state index contributed by atoms with van der Waals surface area (Å²) in [4.78, 5) is 0. The normalized spacial score (nSPS) is 21.2. The molecular formula is C36H36. The fourth-order valence-corrected chi connectivity index (χ4v) is 6.04. The molecular weight excluding hydrogens is 432 g/mol. The highest BCUT2D eigenvalue weighted by molar-refractivity contribution is 5.79. The molecule has 0 heterocycles. The van der Waals surface area contributed by atoms with Crippen LogP contribution in [0, 0.1) is 0 Å². The maximum absolute atomic E-state index is 2.50. The van der Waals surface area contributed by atoms with Gasteiger partial charge in [-0.3, -0.25) is 0 Å². The van der Waals surface area contributed by atoms with E-state index in [2.05, 4.69) is 149 Å². The number of rotatable bonds is 5. The molecule has 2 aliphatic rings. The number of fused-ring (bicyclic) bond motifs is 1. The van der Waals surface area contributed by atoms with E-state index in [1.54, 1.807) is 5.57 Å². The van der Waals surface area contributed by atoms with Crippen molar-refractivity contribution in [3.05, 3.63) is 149 Å². The molecule has 1 atom stereocenters. The summed E-state index contributed by atoms with van der Waals surface area (Å²) < 4.78 is 0. The van der Waals surface area contributed by atoms with Crippen molar-refractivity contribution in [2.24, 2.45) is 0 Å². The van der Waals surface area contributed by atoms with E-state index in [-0.39, 0.29) is 10.8 Å². The summed E-state index contributed by atoms with van der Waals surface area (Å²) >= 11 is 0. The first-order chi connectivity index (χ1) is 17.4. The van der Waals surface area contributed by atoms with E-state index in [9.17, 15) is 0 Å². The Bertz CT molecular complexity index is 1390. The van der Waals surface area contributed by atoms with Gasteiger partial charge in [-0.15, -0.1) is 0 Å². The monoisotopic (exact) mass is 468 g/mol. The molecule has 0 bridgehead atoms. The summed E-state index contributed by atoms with van der Waals surface area (Å²) in [5.41, 5.74) is 10.7. The lowest BCUT2D eigenvalue weighted by Gasteiger charge is -2.46. The average molecular weight is 469 g/mol. The van der Waals surface area contributed by atoms with Gasteiger partial charge < -0.3 is 0 Å². The summed E-state index contributed by atoms with van der Waals surface area (Å²) in [7, 11) is 0. The van der Waals surface area contributed by atoms with Crippen LogP contribution in [-0.2, 0) is 10.8 Å². The summed E-state index contributed by atoms with van der Waals surface area (Å²) in [6, 6.07) is 28.7. The highest BCUT2D eigenvalue weighted by Crippen LogP contribution is 2.53. The fraction of sp³-hybridized carbons (Fsp3) is 0.222. The zero-order valence-electron chi connectivity index (χ0n) is 22.0. The number of hydrogen-bond donors (Lipinski definition) is 0. The highest BCUT2D eigenvalue weighted by atomic mass is 14.5. The maximum Gasteiger partial charge on any atom is 0.0365 e. The van der Waals surface area contributed by atoms with Crippen molar-refractivity contribution >= 4 is 5.57 Å². The van der Waals surface area contributed by atoms with Gasteiger partial charge in [0.05, 0.1) is 0 Å². The summed E-state index contributed by atoms with van der Waals surface area (Å²) in [6.07, 6.45) is 18.1. The molecule has 180 valence electrons. The van der Waals surface area contributed by atoms with E-state index in [1.807, 2.05) is 0 Å². The Kier molecular flexibility index (Phi) is 6.54. The van der Waals surface area contributed by atoms with Crippen molar-refractivity contribution in [2.45, 2.75) is 51.4 Å². The van der Waals surface area contributed by atoms with E-state index >= 15 is 0 Å². The molecule has 0 radical (unpaired) electrons. The predicted molar refractivity (Wildman–Crippen MR) is 156 cm³/mol. The van der Waals surface area contributed by atoms with Crippen molar-refractivity contribution in [1.29, 1.82) is 0 Å². The summed E-state index contributed by atoms with van der Waals surface area (Å²) in [5.74, 6) is 0. The van der Waals surface area contributed by atoms with Crippen LogP contribution in [0.25, 0.3) is 16.7 Å². The van der Waals surface area contributed by atoms with Gasteiger partial charge in [0.1, 0.15) is 0 Å². The molecule has 3 aromatic carbocycles. The second kappa shape index (κ2) is 9.78. The average Bonchev–Trinajstić information content (AvgIpc) is 2.92. The van der Waals surface area contributed by atoms with Crippen molar-refractivity contribution < 1.29 is 0 Å². The van der Waals surface area contributed by atoms with Gasteiger partial charge in [-0.25, -0.2) is 0 Å². The van der Waals surface area contributed by atoms with E-state index < -0.39 is 0 Å². The first kappa shape index (κ1) is 24.1. The zero-order chi connectivity index (χ0) is 25.2. The molecule has 0 saturated heterocycles. The third kappa shape index (κ3) is 4.26. The van der Waals surface area contributed by atoms with Gasteiger partial charge in [-0.05, 0) is 65.7 Å². The molecule has 0 spiro atoms. The minimum Gasteiger partial charge on any atom is -0.0877 e. The first-order valence-corrected chi connectivity index (χ1v) is 13.1. The Hall–Kier alpha value is -3.64. The van der Waals surface area contributed by atoms with Gasteiger partial charge in [0.25, 0.3) is 0 Å². The van der Waals surface area contributed by atoms with Crippen LogP contribution in [0.3, 0.4) is 0 Å². The Morgan fingerprint density at radius 3 is 2.14 bits per heavy atom. The van der Waals surface area contributed by atoms with Crippen LogP contribution in [-0.4, -0.2) is 0 Å². The van der Waals surface area contributed by atoms with E-state index in [4.69, 9.17) is 0 Å². The topological polar surface area (TPSA) is 0 Å². The van der Waals surface area contributed by atoms with Crippen LogP contribution < -0.4 is 0 Å². The standard InChI is InChI=1S/C36H36/c1-5-6-8-17-30(29-24-22-28(23-25-29)27-15-9-7-10-16-27)26-36(4)33-20-13-11-18-31(33)35(2,3)32-19-12-14-21-34(32)36/h5-11,13-18,20-26H,12,19H2,1-4H3/b6-5-,17-8-,30-26-. The van der Waals surface area contributed by atoms with Crippen molar-refractivity contribution in [2.75, 3.05) is 0 Å². The molecule has 0 amide bonds. The predicted octanol–water partition coefficient (Wildman–Crippen LogP) is 9.76. The third-order valence-electron chi connectivity index (χ3n) is 7.99. The number of hydrogen-bond acceptors (Lipinski definition) is 0. The Morgan fingerprint density at radius 1 is 0.750 bits per heavy atom. The van der Waals surface area contributed by atoms with Gasteiger partial charge in [-0.2, -0.15) is 0 Å². The largest absolute Gasteiger partial charge is 0.0877 e. The summed E-state index contributed by atoms with van der Waals surface area (Å²) in [6.45, 7) is 9.28. The molecule has 0 nitrogen and oxygen atoms in total. The molecule has 0 fully saturated rings. The molecule has 36 heavy (non-hydrogen) atoms. The molecule has 0 heteroatoms. The minimum absolute atomic E-state index is 0.0440. The highest BCUT2D eigenvalue weighted by Gasteiger charge is 2.44. The molecule has 2 aliphatic carbocycles. The lowest BCUT2D eigenvalue weighted by atomic mass is 9.57. The lowest BCUT2D eigenvalue weighted by molar-refractivity contribution is 0.515. The van der Waals surface area contributed by atoms with E-state index in [0.29, 0.717) is 0 Å². The van der Waals surface area contributed by atoms with Gasteiger partial charge in [0.15, 0.2) is 0 Å². The third-order valence-corrected chi connectivity index (χ3v) is 7.99. The second-order valence-electron chi connectivity index (χ2n) is 10.6. The van der Waals surface area contributed by atoms with E-state index in [0.717, 1.165) is 12.8 Å². The molecule has 1 unspecified atom stereocenters. The fourth-order valence-electron chi connectivity index (χ4n) is 6.04. The van der Waals surface area contributed by atoms with Gasteiger partial charge in [0, 0.05) is 10.8 Å². The number of benzene rings is 3. The minimum atomic E-state index is -0.202. The van der Waals surface area contributed by atoms with Crippen LogP contribution in [0.1, 0.15) is 57.2 Å². The quantitative estimate of drug-likeness (QED) is 0.327.